The van der Waals surface area contributed by atoms with Crippen molar-refractivity contribution in [2.24, 2.45) is 5.92 Å². The van der Waals surface area contributed by atoms with Gasteiger partial charge in [0.25, 0.3) is 0 Å². The van der Waals surface area contributed by atoms with Crippen molar-refractivity contribution in [2.75, 3.05) is 55.7 Å². The quantitative estimate of drug-likeness (QED) is 0.490. The third-order valence-electron chi connectivity index (χ3n) is 8.19. The summed E-state index contributed by atoms with van der Waals surface area (Å²) in [6.45, 7) is 6.18. The Morgan fingerprint density at radius 2 is 1.76 bits per heavy atom. The van der Waals surface area contributed by atoms with E-state index in [0.29, 0.717) is 24.9 Å². The minimum Gasteiger partial charge on any atom is -0.375 e. The van der Waals surface area contributed by atoms with Crippen LogP contribution in [0.5, 0.6) is 0 Å². The van der Waals surface area contributed by atoms with Gasteiger partial charge in [-0.15, -0.1) is 10.2 Å². The molecule has 1 aliphatic carbocycles. The number of nitrogens with one attached hydrogen (secondary N) is 1. The van der Waals surface area contributed by atoms with Crippen molar-refractivity contribution in [3.05, 3.63) is 36.4 Å². The Morgan fingerprint density at radius 1 is 0.892 bits per heavy atom. The van der Waals surface area contributed by atoms with E-state index in [1.165, 1.54) is 38.5 Å². The molecule has 37 heavy (non-hydrogen) atoms. The van der Waals surface area contributed by atoms with Crippen LogP contribution >= 0.6 is 0 Å². The molecule has 3 saturated heterocycles. The largest absolute Gasteiger partial charge is 0.375 e. The second-order valence-electron chi connectivity index (χ2n) is 10.9. The standard InChI is InChI=1S/C26H34N10O/c1-2-10-34(9-1)25-14-27-13-21(29-25)22-16-36(33-30-22)26(17-37-18-26)23-7-8-24(32-31-23)35-11-3-4-20(15-35)28-12-19-5-6-19/h7-8,13-14,16,19-20,28H,1-6,9-12,15,17-18H2/t20-/m1/s1. The molecule has 1 atom stereocenters. The zero-order valence-electron chi connectivity index (χ0n) is 21.2. The van der Waals surface area contributed by atoms with Gasteiger partial charge in [-0.3, -0.25) is 4.98 Å². The molecule has 6 heterocycles. The average Bonchev–Trinajstić information content (AvgIpc) is 3.36. The van der Waals surface area contributed by atoms with Gasteiger partial charge in [0, 0.05) is 32.2 Å². The Morgan fingerprint density at radius 3 is 2.51 bits per heavy atom. The molecule has 0 spiro atoms. The highest BCUT2D eigenvalue weighted by molar-refractivity contribution is 5.54. The van der Waals surface area contributed by atoms with Gasteiger partial charge in [0.05, 0.1) is 37.5 Å². The maximum Gasteiger partial charge on any atom is 0.154 e. The van der Waals surface area contributed by atoms with E-state index in [9.17, 15) is 0 Å². The summed E-state index contributed by atoms with van der Waals surface area (Å²) >= 11 is 0. The Labute approximate surface area is 216 Å². The van der Waals surface area contributed by atoms with Crippen molar-refractivity contribution in [3.63, 3.8) is 0 Å². The molecule has 3 aromatic heterocycles. The lowest BCUT2D eigenvalue weighted by atomic mass is 9.93. The first-order valence-corrected chi connectivity index (χ1v) is 13.7. The minimum absolute atomic E-state index is 0.486. The van der Waals surface area contributed by atoms with Gasteiger partial charge < -0.3 is 19.9 Å². The molecular formula is C26H34N10O. The summed E-state index contributed by atoms with van der Waals surface area (Å²) in [5.74, 6) is 2.73. The van der Waals surface area contributed by atoms with E-state index in [4.69, 9.17) is 9.72 Å². The van der Waals surface area contributed by atoms with Gasteiger partial charge in [-0.1, -0.05) is 5.21 Å². The highest BCUT2D eigenvalue weighted by Gasteiger charge is 2.45. The van der Waals surface area contributed by atoms with Gasteiger partial charge in [0.2, 0.25) is 0 Å². The number of anilines is 2. The lowest BCUT2D eigenvalue weighted by molar-refractivity contribution is -0.0855. The third-order valence-corrected chi connectivity index (χ3v) is 8.19. The first-order valence-electron chi connectivity index (χ1n) is 13.7. The van der Waals surface area contributed by atoms with Crippen LogP contribution < -0.4 is 15.1 Å². The van der Waals surface area contributed by atoms with Crippen LogP contribution in [0.4, 0.5) is 11.6 Å². The molecule has 1 N–H and O–H groups in total. The topological polar surface area (TPSA) is 110 Å². The molecule has 0 amide bonds. The molecule has 0 aromatic carbocycles. The summed E-state index contributed by atoms with van der Waals surface area (Å²) in [6, 6.07) is 4.69. The number of hydrogen-bond acceptors (Lipinski definition) is 10. The van der Waals surface area contributed by atoms with Gasteiger partial charge >= 0.3 is 0 Å². The highest BCUT2D eigenvalue weighted by atomic mass is 16.5. The van der Waals surface area contributed by atoms with Crippen molar-refractivity contribution in [1.82, 2.24) is 40.5 Å². The zero-order valence-corrected chi connectivity index (χ0v) is 21.2. The lowest BCUT2D eigenvalue weighted by Crippen LogP contribution is -2.53. The molecule has 4 fully saturated rings. The fraction of sp³-hybridized carbons (Fsp3) is 0.615. The molecule has 3 aromatic rings. The first-order chi connectivity index (χ1) is 18.3. The van der Waals surface area contributed by atoms with E-state index < -0.39 is 5.54 Å². The van der Waals surface area contributed by atoms with Gasteiger partial charge in [0.15, 0.2) is 11.4 Å². The normalized spacial score (nSPS) is 23.3. The Kier molecular flexibility index (Phi) is 5.96. The number of ether oxygens (including phenoxy) is 1. The molecule has 1 saturated carbocycles. The summed E-state index contributed by atoms with van der Waals surface area (Å²) in [5.41, 5.74) is 1.76. The molecule has 4 aliphatic rings. The van der Waals surface area contributed by atoms with E-state index >= 15 is 0 Å². The van der Waals surface area contributed by atoms with E-state index in [-0.39, 0.29) is 0 Å². The number of aromatic nitrogens is 7. The van der Waals surface area contributed by atoms with Crippen LogP contribution in [-0.2, 0) is 10.3 Å². The third kappa shape index (κ3) is 4.54. The molecule has 11 heteroatoms. The zero-order chi connectivity index (χ0) is 24.7. The van der Waals surface area contributed by atoms with Crippen LogP contribution in [0.25, 0.3) is 11.4 Å². The Hall–Kier alpha value is -3.18. The van der Waals surface area contributed by atoms with E-state index in [0.717, 1.165) is 61.7 Å². The SMILES string of the molecule is c1ncc(N2CCCC2)nc1-c1cn(C2(c3ccc(N4CCC[C@@H](NCC5CC5)C4)nn3)COC2)nn1. The minimum atomic E-state index is -0.507. The van der Waals surface area contributed by atoms with Crippen molar-refractivity contribution in [1.29, 1.82) is 0 Å². The van der Waals surface area contributed by atoms with Crippen LogP contribution in [-0.4, -0.2) is 87.1 Å². The van der Waals surface area contributed by atoms with Gasteiger partial charge in [0.1, 0.15) is 17.2 Å². The van der Waals surface area contributed by atoms with E-state index in [1.807, 2.05) is 17.1 Å². The average molecular weight is 503 g/mol. The van der Waals surface area contributed by atoms with Crippen LogP contribution in [0.2, 0.25) is 0 Å². The summed E-state index contributed by atoms with van der Waals surface area (Å²) < 4.78 is 7.51. The monoisotopic (exact) mass is 502 g/mol. The van der Waals surface area contributed by atoms with Crippen LogP contribution in [0, 0.1) is 5.92 Å². The van der Waals surface area contributed by atoms with Crippen molar-refractivity contribution in [3.8, 4) is 11.4 Å². The van der Waals surface area contributed by atoms with Crippen LogP contribution in [0.3, 0.4) is 0 Å². The summed E-state index contributed by atoms with van der Waals surface area (Å²) in [6.07, 6.45) is 13.1. The highest BCUT2D eigenvalue weighted by Crippen LogP contribution is 2.34. The summed E-state index contributed by atoms with van der Waals surface area (Å²) in [4.78, 5) is 13.9. The molecular weight excluding hydrogens is 468 g/mol. The molecule has 3 aliphatic heterocycles. The molecule has 0 bridgehead atoms. The molecule has 11 nitrogen and oxygen atoms in total. The maximum absolute atomic E-state index is 5.65. The summed E-state index contributed by atoms with van der Waals surface area (Å²) in [7, 11) is 0. The predicted molar refractivity (Wildman–Crippen MR) is 138 cm³/mol. The van der Waals surface area contributed by atoms with Gasteiger partial charge in [-0.2, -0.15) is 5.10 Å². The van der Waals surface area contributed by atoms with Crippen molar-refractivity contribution < 1.29 is 4.74 Å². The number of rotatable bonds is 8. The van der Waals surface area contributed by atoms with Crippen molar-refractivity contribution >= 4 is 11.6 Å². The second-order valence-corrected chi connectivity index (χ2v) is 10.9. The number of hydrogen-bond donors (Lipinski definition) is 1. The molecule has 194 valence electrons. The van der Waals surface area contributed by atoms with E-state index in [1.54, 1.807) is 6.20 Å². The van der Waals surface area contributed by atoms with Gasteiger partial charge in [-0.05, 0) is 63.1 Å². The van der Waals surface area contributed by atoms with Crippen molar-refractivity contribution in [2.45, 2.75) is 50.1 Å². The summed E-state index contributed by atoms with van der Waals surface area (Å²) in [5, 5.41) is 22.0. The molecule has 7 rings (SSSR count). The van der Waals surface area contributed by atoms with Crippen LogP contribution in [0.15, 0.2) is 30.7 Å². The Balaban J connectivity index is 1.08. The first kappa shape index (κ1) is 23.0. The number of piperidine rings is 1. The number of nitrogens with zero attached hydrogens (tertiary/aromatic N) is 9. The van der Waals surface area contributed by atoms with Gasteiger partial charge in [-0.25, -0.2) is 9.67 Å². The second kappa shape index (κ2) is 9.60. The predicted octanol–water partition coefficient (Wildman–Crippen LogP) is 1.87. The Bertz CT molecular complexity index is 1220. The maximum atomic E-state index is 5.65. The lowest BCUT2D eigenvalue weighted by Gasteiger charge is -2.40. The molecule has 0 unspecified atom stereocenters. The smallest absolute Gasteiger partial charge is 0.154 e. The van der Waals surface area contributed by atoms with E-state index in [2.05, 4.69) is 52.7 Å². The molecule has 0 radical (unpaired) electrons. The fourth-order valence-electron chi connectivity index (χ4n) is 5.61. The fourth-order valence-corrected chi connectivity index (χ4v) is 5.61. The van der Waals surface area contributed by atoms with Crippen LogP contribution in [0.1, 0.15) is 44.2 Å².